The van der Waals surface area contributed by atoms with Crippen molar-refractivity contribution < 1.29 is 33.4 Å². The molecule has 0 fully saturated rings. The Bertz CT molecular complexity index is 1300. The fourth-order valence-corrected chi connectivity index (χ4v) is 4.73. The van der Waals surface area contributed by atoms with Crippen LogP contribution in [-0.2, 0) is 16.6 Å². The lowest BCUT2D eigenvalue weighted by atomic mass is 9.75. The predicted molar refractivity (Wildman–Crippen MR) is 132 cm³/mol. The van der Waals surface area contributed by atoms with E-state index in [-0.39, 0.29) is 11.3 Å². The first-order chi connectivity index (χ1) is 17.3. The smallest absolute Gasteiger partial charge is 0.338 e. The van der Waals surface area contributed by atoms with E-state index in [1.165, 1.54) is 24.3 Å². The van der Waals surface area contributed by atoms with Crippen LogP contribution in [0.15, 0.2) is 54.6 Å². The molecule has 0 saturated carbocycles. The number of non-ortho nitro benzene ring substituents is 1. The molecule has 0 radical (unpaired) electrons. The molecular formula is C27H27NO8. The highest BCUT2D eigenvalue weighted by atomic mass is 16.6. The number of benzene rings is 3. The van der Waals surface area contributed by atoms with Gasteiger partial charge in [0.1, 0.15) is 6.10 Å². The zero-order chi connectivity index (χ0) is 26.0. The maximum atomic E-state index is 13.1. The molecule has 2 unspecified atom stereocenters. The molecule has 0 amide bonds. The zero-order valence-electron chi connectivity index (χ0n) is 20.7. The number of hydrogen-bond acceptors (Lipinski definition) is 8. The molecule has 3 aromatic carbocycles. The second-order valence-corrected chi connectivity index (χ2v) is 8.54. The number of nitrogens with zero attached hydrogens (tertiary/aromatic N) is 1. The molecule has 2 atom stereocenters. The summed E-state index contributed by atoms with van der Waals surface area (Å²) >= 11 is 0. The number of carbonyl (C=O) groups is 1. The first kappa shape index (κ1) is 24.8. The van der Waals surface area contributed by atoms with Gasteiger partial charge >= 0.3 is 5.97 Å². The van der Waals surface area contributed by atoms with E-state index in [9.17, 15) is 14.9 Å². The van der Waals surface area contributed by atoms with Gasteiger partial charge in [-0.3, -0.25) is 10.1 Å². The van der Waals surface area contributed by atoms with Gasteiger partial charge in [-0.25, -0.2) is 4.79 Å². The fraction of sp³-hybridized carbons (Fsp3) is 0.296. The molecule has 4 rings (SSSR count). The first-order valence-electron chi connectivity index (χ1n) is 11.2. The highest BCUT2D eigenvalue weighted by molar-refractivity contribution is 5.90. The van der Waals surface area contributed by atoms with Crippen LogP contribution < -0.4 is 18.9 Å². The van der Waals surface area contributed by atoms with Crippen LogP contribution in [0.5, 0.6) is 23.0 Å². The molecule has 0 aromatic heterocycles. The predicted octanol–water partition coefficient (Wildman–Crippen LogP) is 4.72. The minimum absolute atomic E-state index is 0.103. The summed E-state index contributed by atoms with van der Waals surface area (Å²) in [5.41, 5.74) is 2.08. The molecule has 9 heteroatoms. The van der Waals surface area contributed by atoms with Gasteiger partial charge in [-0.05, 0) is 60.0 Å². The molecule has 36 heavy (non-hydrogen) atoms. The van der Waals surface area contributed by atoms with Gasteiger partial charge in [-0.2, -0.15) is 0 Å². The molecule has 0 aliphatic heterocycles. The normalized spacial score (nSPS) is 18.2. The van der Waals surface area contributed by atoms with Gasteiger partial charge in [-0.1, -0.05) is 6.07 Å². The molecule has 0 bridgehead atoms. The summed E-state index contributed by atoms with van der Waals surface area (Å²) in [5, 5.41) is 11.0. The van der Waals surface area contributed by atoms with Gasteiger partial charge in [-0.15, -0.1) is 0 Å². The van der Waals surface area contributed by atoms with E-state index in [1.807, 2.05) is 37.3 Å². The van der Waals surface area contributed by atoms with E-state index in [2.05, 4.69) is 0 Å². The van der Waals surface area contributed by atoms with Gasteiger partial charge < -0.3 is 23.7 Å². The highest BCUT2D eigenvalue weighted by Gasteiger charge is 2.48. The quantitative estimate of drug-likeness (QED) is 0.252. The van der Waals surface area contributed by atoms with Gasteiger partial charge in [0.05, 0.1) is 44.3 Å². The Morgan fingerprint density at radius 1 is 0.861 bits per heavy atom. The third-order valence-corrected chi connectivity index (χ3v) is 6.76. The Morgan fingerprint density at radius 2 is 1.44 bits per heavy atom. The molecule has 1 aliphatic rings. The van der Waals surface area contributed by atoms with Gasteiger partial charge in [0, 0.05) is 18.6 Å². The Morgan fingerprint density at radius 3 is 2.03 bits per heavy atom. The van der Waals surface area contributed by atoms with Crippen molar-refractivity contribution in [2.45, 2.75) is 24.9 Å². The largest absolute Gasteiger partial charge is 0.493 e. The number of nitro benzene ring substituents is 1. The minimum atomic E-state index is -0.773. The maximum Gasteiger partial charge on any atom is 0.338 e. The van der Waals surface area contributed by atoms with Crippen molar-refractivity contribution in [3.05, 3.63) is 87.0 Å². The molecule has 0 spiro atoms. The van der Waals surface area contributed by atoms with Crippen LogP contribution in [-0.4, -0.2) is 45.4 Å². The van der Waals surface area contributed by atoms with E-state index in [4.69, 9.17) is 23.7 Å². The summed E-state index contributed by atoms with van der Waals surface area (Å²) in [6.45, 7) is 2.00. The van der Waals surface area contributed by atoms with Crippen LogP contribution in [0.1, 0.15) is 34.0 Å². The second-order valence-electron chi connectivity index (χ2n) is 8.54. The second kappa shape index (κ2) is 9.77. The topological polar surface area (TPSA) is 106 Å². The standard InChI is InChI=1S/C27H27NO8/c1-27(18-8-11-21(32-2)23(14-18)34-4)20-15-24(35-5)22(33-3)12-17(20)13-25(27)36-26(29)16-6-9-19(10-7-16)28(30)31/h6-12,14-15,25H,13H2,1-5H3. The lowest BCUT2D eigenvalue weighted by molar-refractivity contribution is -0.384. The number of rotatable bonds is 8. The van der Waals surface area contributed by atoms with E-state index in [1.54, 1.807) is 28.4 Å². The third kappa shape index (κ3) is 4.17. The van der Waals surface area contributed by atoms with Crippen LogP contribution >= 0.6 is 0 Å². The van der Waals surface area contributed by atoms with E-state index >= 15 is 0 Å². The molecule has 0 N–H and O–H groups in total. The highest BCUT2D eigenvalue weighted by Crippen LogP contribution is 2.50. The average Bonchev–Trinajstić information content (AvgIpc) is 3.18. The van der Waals surface area contributed by atoms with Crippen molar-refractivity contribution in [2.75, 3.05) is 28.4 Å². The molecule has 188 valence electrons. The summed E-state index contributed by atoms with van der Waals surface area (Å²) in [7, 11) is 6.26. The summed E-state index contributed by atoms with van der Waals surface area (Å²) in [5.74, 6) is 1.69. The summed E-state index contributed by atoms with van der Waals surface area (Å²) in [6, 6.07) is 14.7. The van der Waals surface area contributed by atoms with Crippen LogP contribution in [0.4, 0.5) is 5.69 Å². The Balaban J connectivity index is 1.80. The van der Waals surface area contributed by atoms with Crippen molar-refractivity contribution in [3.8, 4) is 23.0 Å². The van der Waals surface area contributed by atoms with Gasteiger partial charge in [0.25, 0.3) is 5.69 Å². The maximum absolute atomic E-state index is 13.1. The third-order valence-electron chi connectivity index (χ3n) is 6.76. The summed E-state index contributed by atoms with van der Waals surface area (Å²) in [6.07, 6.45) is -0.163. The van der Waals surface area contributed by atoms with Crippen molar-refractivity contribution >= 4 is 11.7 Å². The zero-order valence-corrected chi connectivity index (χ0v) is 20.7. The molecule has 0 heterocycles. The number of esters is 1. The summed E-state index contributed by atoms with van der Waals surface area (Å²) in [4.78, 5) is 23.6. The van der Waals surface area contributed by atoms with E-state index in [0.717, 1.165) is 16.7 Å². The Hall–Kier alpha value is -4.27. The van der Waals surface area contributed by atoms with Crippen LogP contribution in [0.3, 0.4) is 0 Å². The molecular weight excluding hydrogens is 466 g/mol. The fourth-order valence-electron chi connectivity index (χ4n) is 4.73. The molecule has 9 nitrogen and oxygen atoms in total. The number of hydrogen-bond donors (Lipinski definition) is 0. The lowest BCUT2D eigenvalue weighted by Crippen LogP contribution is -2.38. The van der Waals surface area contributed by atoms with Crippen molar-refractivity contribution in [2.24, 2.45) is 0 Å². The van der Waals surface area contributed by atoms with Crippen LogP contribution in [0.25, 0.3) is 0 Å². The molecule has 1 aliphatic carbocycles. The number of fused-ring (bicyclic) bond motifs is 1. The molecule has 0 saturated heterocycles. The number of ether oxygens (including phenoxy) is 5. The van der Waals surface area contributed by atoms with Crippen LogP contribution in [0, 0.1) is 10.1 Å². The number of methoxy groups -OCH3 is 4. The van der Waals surface area contributed by atoms with Crippen molar-refractivity contribution in [1.82, 2.24) is 0 Å². The molecule has 3 aromatic rings. The number of nitro groups is 1. The first-order valence-corrected chi connectivity index (χ1v) is 11.2. The van der Waals surface area contributed by atoms with E-state index in [0.29, 0.717) is 29.4 Å². The minimum Gasteiger partial charge on any atom is -0.493 e. The van der Waals surface area contributed by atoms with E-state index < -0.39 is 22.4 Å². The van der Waals surface area contributed by atoms with Gasteiger partial charge in [0.2, 0.25) is 0 Å². The average molecular weight is 494 g/mol. The van der Waals surface area contributed by atoms with Crippen LogP contribution in [0.2, 0.25) is 0 Å². The van der Waals surface area contributed by atoms with Crippen molar-refractivity contribution in [1.29, 1.82) is 0 Å². The Labute approximate surface area is 208 Å². The van der Waals surface area contributed by atoms with Gasteiger partial charge in [0.15, 0.2) is 23.0 Å². The van der Waals surface area contributed by atoms with Crippen molar-refractivity contribution in [3.63, 3.8) is 0 Å². The lowest BCUT2D eigenvalue weighted by Gasteiger charge is -2.33. The number of carbonyl (C=O) groups excluding carboxylic acids is 1. The Kier molecular flexibility index (Phi) is 6.74. The summed E-state index contributed by atoms with van der Waals surface area (Å²) < 4.78 is 28.1. The monoisotopic (exact) mass is 493 g/mol. The SMILES string of the molecule is COc1ccc(C2(C)c3cc(OC)c(OC)cc3CC2OC(=O)c2ccc([N+](=O)[O-])cc2)cc1OC.